The van der Waals surface area contributed by atoms with Gasteiger partial charge >= 0.3 is 0 Å². The smallest absolute Gasteiger partial charge is 0.147 e. The summed E-state index contributed by atoms with van der Waals surface area (Å²) >= 11 is 0. The second kappa shape index (κ2) is 5.72. The summed E-state index contributed by atoms with van der Waals surface area (Å²) in [6.45, 7) is 4.05. The van der Waals surface area contributed by atoms with Crippen LogP contribution in [0.2, 0.25) is 0 Å². The quantitative estimate of drug-likeness (QED) is 0.829. The molecule has 2 aromatic rings. The van der Waals surface area contributed by atoms with Gasteiger partial charge in [0.1, 0.15) is 30.6 Å². The Balaban J connectivity index is 1.53. The molecule has 1 aliphatic heterocycles. The average Bonchev–Trinajstić information content (AvgIpc) is 2.95. The molecule has 0 bridgehead atoms. The SMILES string of the molecule is N#Cc1ccccc1OCCN1CCn2cnnc2C1. The van der Waals surface area contributed by atoms with Crippen molar-refractivity contribution in [1.29, 1.82) is 5.26 Å². The fourth-order valence-electron chi connectivity index (χ4n) is 2.28. The van der Waals surface area contributed by atoms with Crippen LogP contribution in [0.1, 0.15) is 11.4 Å². The van der Waals surface area contributed by atoms with E-state index in [1.165, 1.54) is 0 Å². The van der Waals surface area contributed by atoms with Gasteiger partial charge in [0.2, 0.25) is 0 Å². The summed E-state index contributed by atoms with van der Waals surface area (Å²) in [4.78, 5) is 2.28. The molecule has 3 rings (SSSR count). The van der Waals surface area contributed by atoms with Crippen molar-refractivity contribution in [3.05, 3.63) is 42.0 Å². The van der Waals surface area contributed by atoms with Crippen LogP contribution in [0.3, 0.4) is 0 Å². The molecule has 1 aliphatic rings. The molecule has 6 nitrogen and oxygen atoms in total. The highest BCUT2D eigenvalue weighted by molar-refractivity contribution is 5.42. The Morgan fingerprint density at radius 2 is 2.20 bits per heavy atom. The molecule has 102 valence electrons. The summed E-state index contributed by atoms with van der Waals surface area (Å²) in [5.74, 6) is 1.64. The molecule has 2 heterocycles. The lowest BCUT2D eigenvalue weighted by Crippen LogP contribution is -2.36. The largest absolute Gasteiger partial charge is 0.491 e. The van der Waals surface area contributed by atoms with Gasteiger partial charge in [-0.15, -0.1) is 10.2 Å². The van der Waals surface area contributed by atoms with Gasteiger partial charge in [-0.3, -0.25) is 4.90 Å². The Labute approximate surface area is 117 Å². The Morgan fingerprint density at radius 1 is 1.30 bits per heavy atom. The number of rotatable bonds is 4. The van der Waals surface area contributed by atoms with Gasteiger partial charge in [-0.2, -0.15) is 5.26 Å². The Bertz CT molecular complexity index is 630. The zero-order chi connectivity index (χ0) is 13.8. The van der Waals surface area contributed by atoms with Gasteiger partial charge in [-0.25, -0.2) is 0 Å². The van der Waals surface area contributed by atoms with Crippen molar-refractivity contribution in [2.45, 2.75) is 13.1 Å². The van der Waals surface area contributed by atoms with E-state index in [1.807, 2.05) is 18.2 Å². The minimum absolute atomic E-state index is 0.562. The highest BCUT2D eigenvalue weighted by atomic mass is 16.5. The van der Waals surface area contributed by atoms with E-state index in [-0.39, 0.29) is 0 Å². The summed E-state index contributed by atoms with van der Waals surface area (Å²) in [6, 6.07) is 9.43. The fraction of sp³-hybridized carbons (Fsp3) is 0.357. The van der Waals surface area contributed by atoms with Gasteiger partial charge in [0.05, 0.1) is 12.1 Å². The van der Waals surface area contributed by atoms with E-state index in [4.69, 9.17) is 10.00 Å². The van der Waals surface area contributed by atoms with Crippen LogP contribution in [0.4, 0.5) is 0 Å². The molecule has 0 radical (unpaired) electrons. The first-order valence-corrected chi connectivity index (χ1v) is 6.58. The zero-order valence-electron chi connectivity index (χ0n) is 11.1. The minimum Gasteiger partial charge on any atom is -0.491 e. The first-order valence-electron chi connectivity index (χ1n) is 6.58. The fourth-order valence-corrected chi connectivity index (χ4v) is 2.28. The summed E-state index contributed by atoms with van der Waals surface area (Å²) in [7, 11) is 0. The highest BCUT2D eigenvalue weighted by Gasteiger charge is 2.17. The van der Waals surface area contributed by atoms with Gasteiger partial charge in [-0.1, -0.05) is 12.1 Å². The van der Waals surface area contributed by atoms with Crippen LogP contribution >= 0.6 is 0 Å². The standard InChI is InChI=1S/C14H15N5O/c15-9-12-3-1-2-4-13(12)20-8-7-18-5-6-19-11-16-17-14(19)10-18/h1-4,11H,5-8,10H2. The molecule has 0 fully saturated rings. The third-order valence-electron chi connectivity index (χ3n) is 3.39. The maximum absolute atomic E-state index is 8.99. The minimum atomic E-state index is 0.562. The predicted octanol–water partition coefficient (Wildman–Crippen LogP) is 1.04. The number of nitrogens with zero attached hydrogens (tertiary/aromatic N) is 5. The van der Waals surface area contributed by atoms with Crippen molar-refractivity contribution in [2.75, 3.05) is 19.7 Å². The molecule has 0 saturated heterocycles. The van der Waals surface area contributed by atoms with Gasteiger partial charge < -0.3 is 9.30 Å². The summed E-state index contributed by atoms with van der Waals surface area (Å²) < 4.78 is 7.76. The molecule has 0 aliphatic carbocycles. The summed E-state index contributed by atoms with van der Waals surface area (Å²) in [5.41, 5.74) is 0.575. The number of hydrogen-bond acceptors (Lipinski definition) is 5. The topological polar surface area (TPSA) is 67.0 Å². The van der Waals surface area contributed by atoms with Gasteiger partial charge in [-0.05, 0) is 12.1 Å². The Morgan fingerprint density at radius 3 is 3.10 bits per heavy atom. The van der Waals surface area contributed by atoms with Gasteiger partial charge in [0.15, 0.2) is 0 Å². The lowest BCUT2D eigenvalue weighted by molar-refractivity contribution is 0.174. The molecule has 0 N–H and O–H groups in total. The number of benzene rings is 1. The zero-order valence-corrected chi connectivity index (χ0v) is 11.1. The van der Waals surface area contributed by atoms with E-state index in [0.717, 1.165) is 32.0 Å². The van der Waals surface area contributed by atoms with Crippen LogP contribution in [-0.2, 0) is 13.1 Å². The van der Waals surface area contributed by atoms with Crippen molar-refractivity contribution in [3.8, 4) is 11.8 Å². The van der Waals surface area contributed by atoms with E-state index < -0.39 is 0 Å². The third-order valence-corrected chi connectivity index (χ3v) is 3.39. The molecule has 0 saturated carbocycles. The number of hydrogen-bond donors (Lipinski definition) is 0. The highest BCUT2D eigenvalue weighted by Crippen LogP contribution is 2.16. The van der Waals surface area contributed by atoms with E-state index in [1.54, 1.807) is 12.4 Å². The second-order valence-corrected chi connectivity index (χ2v) is 4.67. The Kier molecular flexibility index (Phi) is 3.61. The maximum Gasteiger partial charge on any atom is 0.147 e. The number of aromatic nitrogens is 3. The third kappa shape index (κ3) is 2.63. The molecule has 0 atom stereocenters. The maximum atomic E-state index is 8.99. The number of nitriles is 1. The normalized spacial score (nSPS) is 14.6. The van der Waals surface area contributed by atoms with Crippen LogP contribution in [0.15, 0.2) is 30.6 Å². The number of fused-ring (bicyclic) bond motifs is 1. The van der Waals surface area contributed by atoms with E-state index in [2.05, 4.69) is 25.7 Å². The average molecular weight is 269 g/mol. The van der Waals surface area contributed by atoms with Crippen LogP contribution in [0.25, 0.3) is 0 Å². The molecule has 1 aromatic heterocycles. The Hall–Kier alpha value is -2.39. The van der Waals surface area contributed by atoms with Crippen LogP contribution in [0, 0.1) is 11.3 Å². The van der Waals surface area contributed by atoms with Crippen molar-refractivity contribution < 1.29 is 4.74 Å². The summed E-state index contributed by atoms with van der Waals surface area (Å²) in [5, 5.41) is 17.0. The van der Waals surface area contributed by atoms with E-state index >= 15 is 0 Å². The molecule has 0 unspecified atom stereocenters. The van der Waals surface area contributed by atoms with Crippen LogP contribution in [-0.4, -0.2) is 39.4 Å². The number of para-hydroxylation sites is 1. The van der Waals surface area contributed by atoms with E-state index in [0.29, 0.717) is 17.9 Å². The molecule has 1 aromatic carbocycles. The van der Waals surface area contributed by atoms with Crippen LogP contribution in [0.5, 0.6) is 5.75 Å². The molecule has 0 spiro atoms. The van der Waals surface area contributed by atoms with Crippen molar-refractivity contribution in [3.63, 3.8) is 0 Å². The van der Waals surface area contributed by atoms with Crippen LogP contribution < -0.4 is 4.74 Å². The second-order valence-electron chi connectivity index (χ2n) is 4.67. The van der Waals surface area contributed by atoms with Crippen molar-refractivity contribution in [2.24, 2.45) is 0 Å². The summed E-state index contributed by atoms with van der Waals surface area (Å²) in [6.07, 6.45) is 1.77. The number of ether oxygens (including phenoxy) is 1. The molecule has 0 amide bonds. The lowest BCUT2D eigenvalue weighted by atomic mass is 10.2. The molecule has 20 heavy (non-hydrogen) atoms. The molecular formula is C14H15N5O. The van der Waals surface area contributed by atoms with Crippen molar-refractivity contribution in [1.82, 2.24) is 19.7 Å². The predicted molar refractivity (Wildman–Crippen MR) is 72.0 cm³/mol. The monoisotopic (exact) mass is 269 g/mol. The first kappa shape index (κ1) is 12.6. The van der Waals surface area contributed by atoms with Crippen molar-refractivity contribution >= 4 is 0 Å². The molecular weight excluding hydrogens is 254 g/mol. The van der Waals surface area contributed by atoms with E-state index in [9.17, 15) is 0 Å². The van der Waals surface area contributed by atoms with Gasteiger partial charge in [0.25, 0.3) is 0 Å². The van der Waals surface area contributed by atoms with Gasteiger partial charge in [0, 0.05) is 19.6 Å². The first-order chi connectivity index (χ1) is 9.86. The molecule has 6 heteroatoms. The lowest BCUT2D eigenvalue weighted by Gasteiger charge is -2.26.